The van der Waals surface area contributed by atoms with E-state index in [9.17, 15) is 0 Å². The van der Waals surface area contributed by atoms with Crippen LogP contribution in [0, 0.1) is 0 Å². The third-order valence-electron chi connectivity index (χ3n) is 20.5. The molecule has 0 aliphatic heterocycles. The summed E-state index contributed by atoms with van der Waals surface area (Å²) in [6.45, 7) is 0. The number of hydrogen-bond donors (Lipinski definition) is 0. The van der Waals surface area contributed by atoms with Crippen LogP contribution in [0.3, 0.4) is 0 Å². The highest BCUT2D eigenvalue weighted by Gasteiger charge is 2.53. The van der Waals surface area contributed by atoms with E-state index in [2.05, 4.69) is 301 Å². The predicted molar refractivity (Wildman–Crippen MR) is 354 cm³/mol. The highest BCUT2D eigenvalue weighted by Crippen LogP contribution is 2.65. The van der Waals surface area contributed by atoms with Crippen LogP contribution >= 0.6 is 0 Å². The molecule has 0 N–H and O–H groups in total. The lowest BCUT2D eigenvalue weighted by atomic mass is 9.70. The maximum atomic E-state index is 2.52. The Morgan fingerprint density at radius 3 is 0.779 bits per heavy atom. The van der Waals surface area contributed by atoms with Crippen molar-refractivity contribution in [2.24, 2.45) is 0 Å². The van der Waals surface area contributed by atoms with E-state index < -0.39 is 10.8 Å². The monoisotopic (exact) mass is 1090 g/mol. The molecule has 0 saturated heterocycles. The summed E-state index contributed by atoms with van der Waals surface area (Å²) in [6, 6.07) is 111. The van der Waals surface area contributed by atoms with Crippen molar-refractivity contribution in [3.63, 3.8) is 0 Å². The molecule has 19 rings (SSSR count). The first-order chi connectivity index (χ1) is 42.6. The lowest BCUT2D eigenvalue weighted by molar-refractivity contribution is 0.793. The molecular formula is C84H56N2. The lowest BCUT2D eigenvalue weighted by Crippen LogP contribution is -2.26. The Hall–Kier alpha value is -10.5. The number of hydrogen-bond acceptors (Lipinski definition) is 2. The van der Waals surface area contributed by atoms with Gasteiger partial charge in [0.05, 0.1) is 10.8 Å². The van der Waals surface area contributed by atoms with Crippen LogP contribution in [0.25, 0.3) is 66.8 Å². The van der Waals surface area contributed by atoms with Gasteiger partial charge in [-0.2, -0.15) is 0 Å². The first-order valence-electron chi connectivity index (χ1n) is 30.6. The van der Waals surface area contributed by atoms with Crippen LogP contribution in [-0.2, 0) is 36.5 Å². The van der Waals surface area contributed by atoms with Crippen molar-refractivity contribution in [1.29, 1.82) is 0 Å². The maximum Gasteiger partial charge on any atom is 0.0726 e. The van der Waals surface area contributed by atoms with Crippen molar-refractivity contribution in [2.45, 2.75) is 36.5 Å². The zero-order valence-corrected chi connectivity index (χ0v) is 47.4. The maximum absolute atomic E-state index is 2.52. The Balaban J connectivity index is 0.817. The van der Waals surface area contributed by atoms with Crippen molar-refractivity contribution in [3.05, 3.63) is 358 Å². The Kier molecular flexibility index (Phi) is 10.0. The molecule has 2 heteroatoms. The second-order valence-electron chi connectivity index (χ2n) is 24.5. The average molecular weight is 1090 g/mol. The molecule has 0 unspecified atom stereocenters. The Morgan fingerprint density at radius 2 is 0.465 bits per heavy atom. The Bertz CT molecular complexity index is 4580. The molecule has 0 radical (unpaired) electrons. The van der Waals surface area contributed by atoms with Crippen molar-refractivity contribution in [2.75, 3.05) is 9.80 Å². The topological polar surface area (TPSA) is 6.48 Å². The standard InChI is InChI=1S/C84H56N2/c1-7-22-75-67(16-1)68-17-2-8-23-76(68)83(75)79-26-11-5-20-71(79)73-46-44-65(51-81(73)83)85(61-40-36-55(37-41-61)59-34-30-53-28-32-57(53)48-59)63-14-13-15-64(50-63)86(62-42-38-56(39-43-62)60-35-31-54-29-33-58(54)49-60)66-45-47-74-72-21-6-12-27-80(72)84(82(74)52-66)77-24-9-3-18-69(77)70-19-4-10-25-78(70)84/h1-27,30-31,34-52H,28-29,32-33H2. The number of fused-ring (bicyclic) bond motifs is 22. The van der Waals surface area contributed by atoms with Crippen molar-refractivity contribution < 1.29 is 0 Å². The van der Waals surface area contributed by atoms with Gasteiger partial charge in [-0.3, -0.25) is 0 Å². The second kappa shape index (κ2) is 18.0. The minimum Gasteiger partial charge on any atom is -0.310 e. The highest BCUT2D eigenvalue weighted by atomic mass is 15.2. The third-order valence-corrected chi connectivity index (χ3v) is 20.5. The van der Waals surface area contributed by atoms with Crippen LogP contribution < -0.4 is 9.80 Å². The van der Waals surface area contributed by atoms with E-state index in [4.69, 9.17) is 0 Å². The molecule has 13 aromatic carbocycles. The summed E-state index contributed by atoms with van der Waals surface area (Å²) in [5.74, 6) is 0. The van der Waals surface area contributed by atoms with E-state index in [0.29, 0.717) is 0 Å². The summed E-state index contributed by atoms with van der Waals surface area (Å²) in [6.07, 6.45) is 4.66. The number of benzene rings is 13. The van der Waals surface area contributed by atoms with Gasteiger partial charge in [-0.25, -0.2) is 0 Å². The highest BCUT2D eigenvalue weighted by molar-refractivity contribution is 5.99. The van der Waals surface area contributed by atoms with E-state index in [0.717, 1.165) is 47.0 Å². The zero-order chi connectivity index (χ0) is 56.2. The second-order valence-corrected chi connectivity index (χ2v) is 24.5. The fourth-order valence-electron chi connectivity index (χ4n) is 16.5. The summed E-state index contributed by atoms with van der Waals surface area (Å²) in [5, 5.41) is 0. The van der Waals surface area contributed by atoms with Gasteiger partial charge < -0.3 is 9.80 Å². The van der Waals surface area contributed by atoms with Crippen molar-refractivity contribution in [3.8, 4) is 66.8 Å². The number of rotatable bonds is 8. The number of aryl methyl sites for hydroxylation is 4. The summed E-state index contributed by atoms with van der Waals surface area (Å²) >= 11 is 0. The van der Waals surface area contributed by atoms with Gasteiger partial charge in [0, 0.05) is 34.1 Å². The van der Waals surface area contributed by atoms with E-state index in [-0.39, 0.29) is 0 Å². The normalized spacial score (nSPS) is 14.5. The van der Waals surface area contributed by atoms with Gasteiger partial charge in [-0.05, 0) is 226 Å². The van der Waals surface area contributed by atoms with Gasteiger partial charge in [0.1, 0.15) is 0 Å². The van der Waals surface area contributed by atoms with Gasteiger partial charge in [-0.1, -0.05) is 224 Å². The summed E-state index contributed by atoms with van der Waals surface area (Å²) < 4.78 is 0. The Labute approximate surface area is 502 Å². The molecule has 0 fully saturated rings. The molecule has 0 heterocycles. The van der Waals surface area contributed by atoms with Gasteiger partial charge in [0.25, 0.3) is 0 Å². The fraction of sp³-hybridized carbons (Fsp3) is 0.0714. The van der Waals surface area contributed by atoms with Gasteiger partial charge in [-0.15, -0.1) is 0 Å². The molecule has 0 saturated carbocycles. The average Bonchev–Trinajstić information content (AvgIpc) is 1.56. The quantitative estimate of drug-likeness (QED) is 0.150. The van der Waals surface area contributed by atoms with Crippen LogP contribution in [0.15, 0.2) is 291 Å². The molecular weight excluding hydrogens is 1040 g/mol. The summed E-state index contributed by atoms with van der Waals surface area (Å²) in [7, 11) is 0. The molecule has 0 aromatic heterocycles. The Morgan fingerprint density at radius 1 is 0.186 bits per heavy atom. The van der Waals surface area contributed by atoms with Crippen molar-refractivity contribution >= 4 is 34.1 Å². The predicted octanol–water partition coefficient (Wildman–Crippen LogP) is 20.8. The molecule has 13 aromatic rings. The first kappa shape index (κ1) is 47.9. The minimum atomic E-state index is -0.490. The van der Waals surface area contributed by atoms with Gasteiger partial charge in [0.15, 0.2) is 0 Å². The first-order valence-corrected chi connectivity index (χ1v) is 30.6. The molecule has 0 bridgehead atoms. The number of anilines is 6. The van der Waals surface area contributed by atoms with E-state index in [1.54, 1.807) is 0 Å². The SMILES string of the molecule is c1cc(N(c2ccc(-c3ccc4c(c3)CC4)cc2)c2ccc3c(c2)C2(c4ccccc4-c4ccccc42)c2ccccc2-3)cc(N(c2ccc(-c3ccc4c(c3)CC4)cc2)c2ccc3c(c2)C2(c4ccccc4-c4ccccc42)c2ccccc2-3)c1. The van der Waals surface area contributed by atoms with Gasteiger partial charge in [0.2, 0.25) is 0 Å². The molecule has 0 amide bonds. The van der Waals surface area contributed by atoms with E-state index in [1.165, 1.54) is 146 Å². The summed E-state index contributed by atoms with van der Waals surface area (Å²) in [4.78, 5) is 5.00. The summed E-state index contributed by atoms with van der Waals surface area (Å²) in [5.41, 5.74) is 37.5. The lowest BCUT2D eigenvalue weighted by Gasteiger charge is -2.33. The minimum absolute atomic E-state index is 0.490. The van der Waals surface area contributed by atoms with Crippen LogP contribution in [0.1, 0.15) is 66.8 Å². The molecule has 86 heavy (non-hydrogen) atoms. The van der Waals surface area contributed by atoms with Crippen LogP contribution in [0.5, 0.6) is 0 Å². The zero-order valence-electron chi connectivity index (χ0n) is 47.4. The molecule has 6 aliphatic carbocycles. The van der Waals surface area contributed by atoms with Crippen molar-refractivity contribution in [1.82, 2.24) is 0 Å². The van der Waals surface area contributed by atoms with Gasteiger partial charge >= 0.3 is 0 Å². The third kappa shape index (κ3) is 6.51. The smallest absolute Gasteiger partial charge is 0.0726 e. The molecule has 402 valence electrons. The molecule has 6 aliphatic rings. The number of nitrogens with zero attached hydrogens (tertiary/aromatic N) is 2. The van der Waals surface area contributed by atoms with Crippen LogP contribution in [-0.4, -0.2) is 0 Å². The molecule has 0 atom stereocenters. The largest absolute Gasteiger partial charge is 0.310 e. The van der Waals surface area contributed by atoms with E-state index in [1.807, 2.05) is 0 Å². The molecule has 2 spiro atoms. The molecule has 2 nitrogen and oxygen atoms in total. The fourth-order valence-corrected chi connectivity index (χ4v) is 16.5. The van der Waals surface area contributed by atoms with E-state index >= 15 is 0 Å². The van der Waals surface area contributed by atoms with Crippen LogP contribution in [0.2, 0.25) is 0 Å². The van der Waals surface area contributed by atoms with Crippen LogP contribution in [0.4, 0.5) is 34.1 Å².